The lowest BCUT2D eigenvalue weighted by atomic mass is 9.83. The number of hydrogen-bond donors (Lipinski definition) is 1. The molecule has 1 heteroatoms. The summed E-state index contributed by atoms with van der Waals surface area (Å²) in [5, 5.41) is 3.20. The molecule has 1 nitrogen and oxygen atoms in total. The summed E-state index contributed by atoms with van der Waals surface area (Å²) in [6.07, 6.45) is 10.7. The Bertz CT molecular complexity index is 119. The van der Waals surface area contributed by atoms with E-state index in [-0.39, 0.29) is 0 Å². The molecule has 0 aromatic heterocycles. The average Bonchev–Trinajstić information content (AvgIpc) is 1.84. The largest absolute Gasteiger partial charge is 0.306 e. The summed E-state index contributed by atoms with van der Waals surface area (Å²) in [6.45, 7) is 1.83. The zero-order chi connectivity index (χ0) is 7.23. The molecular formula is C9H15N. The van der Waals surface area contributed by atoms with Gasteiger partial charge in [-0.1, -0.05) is 25.2 Å². The molecule has 0 spiro atoms. The van der Waals surface area contributed by atoms with Crippen LogP contribution in [0.15, 0.2) is 0 Å². The third kappa shape index (κ3) is 2.41. The Morgan fingerprint density at radius 1 is 1.50 bits per heavy atom. The van der Waals surface area contributed by atoms with Crippen molar-refractivity contribution in [1.29, 1.82) is 0 Å². The van der Waals surface area contributed by atoms with Gasteiger partial charge >= 0.3 is 0 Å². The summed E-state index contributed by atoms with van der Waals surface area (Å²) in [4.78, 5) is 0. The zero-order valence-corrected chi connectivity index (χ0v) is 6.40. The van der Waals surface area contributed by atoms with Gasteiger partial charge in [0, 0.05) is 0 Å². The van der Waals surface area contributed by atoms with Crippen molar-refractivity contribution in [3.8, 4) is 12.3 Å². The fourth-order valence-corrected chi connectivity index (χ4v) is 1.25. The van der Waals surface area contributed by atoms with Gasteiger partial charge in [0.25, 0.3) is 0 Å². The number of hydrogen-bond acceptors (Lipinski definition) is 1. The van der Waals surface area contributed by atoms with Crippen LogP contribution in [0.25, 0.3) is 0 Å². The van der Waals surface area contributed by atoms with Gasteiger partial charge in [-0.05, 0) is 18.9 Å². The number of terminal acetylenes is 1. The van der Waals surface area contributed by atoms with Crippen molar-refractivity contribution >= 4 is 0 Å². The van der Waals surface area contributed by atoms with Crippen molar-refractivity contribution in [2.24, 2.45) is 5.92 Å². The first-order valence-corrected chi connectivity index (χ1v) is 4.07. The molecule has 0 saturated heterocycles. The minimum atomic E-state index is 0.729. The molecule has 0 radical (unpaired) electrons. The zero-order valence-electron chi connectivity index (χ0n) is 6.40. The molecule has 1 aliphatic rings. The minimum Gasteiger partial charge on any atom is -0.306 e. The van der Waals surface area contributed by atoms with Gasteiger partial charge in [0.2, 0.25) is 0 Å². The molecule has 56 valence electrons. The van der Waals surface area contributed by atoms with Crippen molar-refractivity contribution in [1.82, 2.24) is 5.32 Å². The molecule has 0 aliphatic heterocycles. The van der Waals surface area contributed by atoms with Crippen LogP contribution >= 0.6 is 0 Å². The maximum Gasteiger partial charge on any atom is 0.0573 e. The molecular weight excluding hydrogens is 122 g/mol. The van der Waals surface area contributed by atoms with Gasteiger partial charge in [-0.3, -0.25) is 0 Å². The van der Waals surface area contributed by atoms with Crippen LogP contribution in [-0.4, -0.2) is 13.1 Å². The molecule has 1 fully saturated rings. The van der Waals surface area contributed by atoms with E-state index >= 15 is 0 Å². The second-order valence-electron chi connectivity index (χ2n) is 2.97. The lowest BCUT2D eigenvalue weighted by molar-refractivity contribution is 0.294. The Kier molecular flexibility index (Phi) is 3.32. The summed E-state index contributed by atoms with van der Waals surface area (Å²) in [5.41, 5.74) is 0. The van der Waals surface area contributed by atoms with Gasteiger partial charge in [0.05, 0.1) is 6.54 Å². The Morgan fingerprint density at radius 2 is 2.30 bits per heavy atom. The molecule has 0 amide bonds. The van der Waals surface area contributed by atoms with Crippen LogP contribution in [0, 0.1) is 18.3 Å². The van der Waals surface area contributed by atoms with Crippen LogP contribution < -0.4 is 5.32 Å². The van der Waals surface area contributed by atoms with Gasteiger partial charge in [-0.25, -0.2) is 0 Å². The monoisotopic (exact) mass is 137 g/mol. The van der Waals surface area contributed by atoms with E-state index in [0.717, 1.165) is 19.0 Å². The van der Waals surface area contributed by atoms with Gasteiger partial charge < -0.3 is 5.32 Å². The summed E-state index contributed by atoms with van der Waals surface area (Å²) in [6, 6.07) is 0. The minimum absolute atomic E-state index is 0.729. The number of rotatable bonds is 4. The Balaban J connectivity index is 1.81. The molecule has 1 saturated carbocycles. The van der Waals surface area contributed by atoms with Crippen LogP contribution in [0.1, 0.15) is 25.7 Å². The first kappa shape index (κ1) is 7.63. The maximum absolute atomic E-state index is 5.08. The van der Waals surface area contributed by atoms with E-state index in [1.54, 1.807) is 0 Å². The fraction of sp³-hybridized carbons (Fsp3) is 0.778. The SMILES string of the molecule is C#CCNCCC1CCC1. The van der Waals surface area contributed by atoms with Crippen LogP contribution in [0.4, 0.5) is 0 Å². The Hall–Kier alpha value is -0.480. The topological polar surface area (TPSA) is 12.0 Å². The Labute approximate surface area is 63.2 Å². The average molecular weight is 137 g/mol. The highest BCUT2D eigenvalue weighted by Gasteiger charge is 2.15. The lowest BCUT2D eigenvalue weighted by Crippen LogP contribution is -2.21. The first-order valence-electron chi connectivity index (χ1n) is 4.07. The van der Waals surface area contributed by atoms with Crippen molar-refractivity contribution in [3.63, 3.8) is 0 Å². The molecule has 10 heavy (non-hydrogen) atoms. The van der Waals surface area contributed by atoms with E-state index in [1.807, 2.05) is 0 Å². The quantitative estimate of drug-likeness (QED) is 0.456. The van der Waals surface area contributed by atoms with E-state index in [4.69, 9.17) is 6.42 Å². The van der Waals surface area contributed by atoms with E-state index in [9.17, 15) is 0 Å². The van der Waals surface area contributed by atoms with Gasteiger partial charge in [0.1, 0.15) is 0 Å². The lowest BCUT2D eigenvalue weighted by Gasteiger charge is -2.24. The maximum atomic E-state index is 5.08. The van der Waals surface area contributed by atoms with Crippen molar-refractivity contribution in [2.75, 3.05) is 13.1 Å². The van der Waals surface area contributed by atoms with E-state index in [0.29, 0.717) is 0 Å². The second kappa shape index (κ2) is 4.35. The predicted molar refractivity (Wildman–Crippen MR) is 43.7 cm³/mol. The number of nitrogens with one attached hydrogen (secondary N) is 1. The molecule has 0 bridgehead atoms. The standard InChI is InChI=1S/C9H15N/c1-2-7-10-8-6-9-4-3-5-9/h1,9-10H,3-8H2. The fourth-order valence-electron chi connectivity index (χ4n) is 1.25. The molecule has 0 atom stereocenters. The van der Waals surface area contributed by atoms with Crippen molar-refractivity contribution in [3.05, 3.63) is 0 Å². The molecule has 0 heterocycles. The van der Waals surface area contributed by atoms with E-state index in [2.05, 4.69) is 11.2 Å². The summed E-state index contributed by atoms with van der Waals surface area (Å²) < 4.78 is 0. The molecule has 0 unspecified atom stereocenters. The predicted octanol–water partition coefficient (Wildman–Crippen LogP) is 1.40. The van der Waals surface area contributed by atoms with Crippen LogP contribution in [-0.2, 0) is 0 Å². The van der Waals surface area contributed by atoms with Gasteiger partial charge in [0.15, 0.2) is 0 Å². The smallest absolute Gasteiger partial charge is 0.0573 e. The molecule has 1 N–H and O–H groups in total. The van der Waals surface area contributed by atoms with Gasteiger partial charge in [-0.2, -0.15) is 0 Å². The summed E-state index contributed by atoms with van der Waals surface area (Å²) in [5.74, 6) is 3.57. The van der Waals surface area contributed by atoms with Crippen LogP contribution in [0.2, 0.25) is 0 Å². The summed E-state index contributed by atoms with van der Waals surface area (Å²) in [7, 11) is 0. The van der Waals surface area contributed by atoms with E-state index < -0.39 is 0 Å². The highest BCUT2D eigenvalue weighted by molar-refractivity contribution is 4.86. The second-order valence-corrected chi connectivity index (χ2v) is 2.97. The normalized spacial score (nSPS) is 17.9. The summed E-state index contributed by atoms with van der Waals surface area (Å²) >= 11 is 0. The van der Waals surface area contributed by atoms with Crippen LogP contribution in [0.5, 0.6) is 0 Å². The van der Waals surface area contributed by atoms with Gasteiger partial charge in [-0.15, -0.1) is 6.42 Å². The van der Waals surface area contributed by atoms with Crippen LogP contribution in [0.3, 0.4) is 0 Å². The third-order valence-electron chi connectivity index (χ3n) is 2.18. The molecule has 1 rings (SSSR count). The van der Waals surface area contributed by atoms with Crippen molar-refractivity contribution in [2.45, 2.75) is 25.7 Å². The first-order chi connectivity index (χ1) is 4.93. The highest BCUT2D eigenvalue weighted by atomic mass is 14.8. The highest BCUT2D eigenvalue weighted by Crippen LogP contribution is 2.28. The molecule has 1 aliphatic carbocycles. The Morgan fingerprint density at radius 3 is 2.80 bits per heavy atom. The van der Waals surface area contributed by atoms with Crippen molar-refractivity contribution < 1.29 is 0 Å². The molecule has 0 aromatic carbocycles. The van der Waals surface area contributed by atoms with E-state index in [1.165, 1.54) is 25.7 Å². The molecule has 0 aromatic rings. The third-order valence-corrected chi connectivity index (χ3v) is 2.18.